The number of carbonyl (C=O) groups is 2. The van der Waals surface area contributed by atoms with Crippen LogP contribution in [0.2, 0.25) is 5.02 Å². The second-order valence-electron chi connectivity index (χ2n) is 8.71. The molecule has 1 aliphatic carbocycles. The Kier molecular flexibility index (Phi) is 5.95. The molecule has 4 heterocycles. The number of fused-ring (bicyclic) bond motifs is 2. The van der Waals surface area contributed by atoms with Gasteiger partial charge in [0.1, 0.15) is 0 Å². The lowest BCUT2D eigenvalue weighted by atomic mass is 9.61. The maximum Gasteiger partial charge on any atom is 0.274 e. The molecular weight excluding hydrogens is 461 g/mol. The molecule has 3 aliphatic rings. The Morgan fingerprint density at radius 3 is 2.79 bits per heavy atom. The number of nitrogens with one attached hydrogen (secondary N) is 2. The summed E-state index contributed by atoms with van der Waals surface area (Å²) in [5.41, 5.74) is 1.73. The standard InChI is InChI=1S/C24H23ClFN5O3/c1-34-21-7-17(18(26)10-27-21)19-8-20(30-29-19)24(33)31-11-14-6-15(12-31)22(14)23(32)28-9-13-3-2-4-16(25)5-13/h2-5,7-8,10,14-15,22H,6,9,11-12H2,1H3,(H,28,32)(H,29,30)/t14-,15+,22?. The minimum absolute atomic E-state index is 0.0116. The second kappa shape index (κ2) is 9.06. The summed E-state index contributed by atoms with van der Waals surface area (Å²) < 4.78 is 19.3. The van der Waals surface area contributed by atoms with Crippen LogP contribution >= 0.6 is 11.6 Å². The van der Waals surface area contributed by atoms with Crippen LogP contribution in [0.3, 0.4) is 0 Å². The van der Waals surface area contributed by atoms with Crippen molar-refractivity contribution in [3.05, 3.63) is 64.7 Å². The molecule has 0 radical (unpaired) electrons. The predicted octanol–water partition coefficient (Wildman–Crippen LogP) is 3.30. The minimum atomic E-state index is -0.547. The average molecular weight is 484 g/mol. The van der Waals surface area contributed by atoms with Gasteiger partial charge in [0, 0.05) is 42.2 Å². The number of ether oxygens (including phenoxy) is 1. The van der Waals surface area contributed by atoms with Gasteiger partial charge in [0.15, 0.2) is 11.5 Å². The van der Waals surface area contributed by atoms with E-state index in [-0.39, 0.29) is 46.7 Å². The van der Waals surface area contributed by atoms with Crippen molar-refractivity contribution in [2.24, 2.45) is 17.8 Å². The van der Waals surface area contributed by atoms with Gasteiger partial charge in [0.25, 0.3) is 5.91 Å². The number of methoxy groups -OCH3 is 1. The molecule has 2 saturated heterocycles. The number of benzene rings is 1. The molecule has 2 aliphatic heterocycles. The zero-order chi connectivity index (χ0) is 23.8. The molecule has 1 unspecified atom stereocenters. The number of hydrogen-bond acceptors (Lipinski definition) is 5. The number of carbonyl (C=O) groups excluding carboxylic acids is 2. The first kappa shape index (κ1) is 22.3. The molecule has 34 heavy (non-hydrogen) atoms. The lowest BCUT2D eigenvalue weighted by Gasteiger charge is -2.52. The number of nitrogens with zero attached hydrogens (tertiary/aromatic N) is 3. The van der Waals surface area contributed by atoms with E-state index >= 15 is 0 Å². The fourth-order valence-electron chi connectivity index (χ4n) is 4.90. The maximum atomic E-state index is 14.2. The van der Waals surface area contributed by atoms with Gasteiger partial charge >= 0.3 is 0 Å². The van der Waals surface area contributed by atoms with Crippen LogP contribution in [0.1, 0.15) is 22.5 Å². The fourth-order valence-corrected chi connectivity index (χ4v) is 5.12. The molecule has 0 spiro atoms. The molecule has 3 fully saturated rings. The highest BCUT2D eigenvalue weighted by Crippen LogP contribution is 2.46. The van der Waals surface area contributed by atoms with Gasteiger partial charge in [0.2, 0.25) is 11.8 Å². The molecule has 1 aromatic carbocycles. The Morgan fingerprint density at radius 2 is 2.06 bits per heavy atom. The number of aromatic nitrogens is 3. The van der Waals surface area contributed by atoms with Gasteiger partial charge in [-0.2, -0.15) is 5.10 Å². The summed E-state index contributed by atoms with van der Waals surface area (Å²) in [6, 6.07) is 10.4. The maximum absolute atomic E-state index is 14.2. The molecule has 3 aromatic rings. The fraction of sp³-hybridized carbons (Fsp3) is 0.333. The van der Waals surface area contributed by atoms with Crippen LogP contribution < -0.4 is 10.1 Å². The number of piperidine rings is 2. The predicted molar refractivity (Wildman–Crippen MR) is 123 cm³/mol. The zero-order valence-corrected chi connectivity index (χ0v) is 19.2. The van der Waals surface area contributed by atoms with Crippen LogP contribution in [-0.4, -0.2) is 52.1 Å². The van der Waals surface area contributed by atoms with Crippen molar-refractivity contribution in [3.8, 4) is 17.1 Å². The molecule has 2 amide bonds. The monoisotopic (exact) mass is 483 g/mol. The van der Waals surface area contributed by atoms with Gasteiger partial charge in [-0.05, 0) is 42.0 Å². The van der Waals surface area contributed by atoms with Gasteiger partial charge in [-0.3, -0.25) is 14.7 Å². The number of aromatic amines is 1. The van der Waals surface area contributed by atoms with Crippen LogP contribution in [0.4, 0.5) is 4.39 Å². The highest BCUT2D eigenvalue weighted by atomic mass is 35.5. The Hall–Kier alpha value is -3.46. The molecule has 2 N–H and O–H groups in total. The number of pyridine rings is 1. The Morgan fingerprint density at radius 1 is 1.26 bits per heavy atom. The molecule has 176 valence electrons. The summed E-state index contributed by atoms with van der Waals surface area (Å²) in [6.07, 6.45) is 1.99. The molecule has 2 aromatic heterocycles. The third-order valence-electron chi connectivity index (χ3n) is 6.60. The summed E-state index contributed by atoms with van der Waals surface area (Å²) in [7, 11) is 1.44. The molecule has 1 saturated carbocycles. The lowest BCUT2D eigenvalue weighted by molar-refractivity contribution is -0.140. The van der Waals surface area contributed by atoms with E-state index in [1.807, 2.05) is 18.2 Å². The number of H-pyrrole nitrogens is 1. The normalized spacial score (nSPS) is 21.0. The second-order valence-corrected chi connectivity index (χ2v) is 9.15. The first-order chi connectivity index (χ1) is 16.4. The Bertz CT molecular complexity index is 1240. The van der Waals surface area contributed by atoms with Gasteiger partial charge in [-0.1, -0.05) is 23.7 Å². The van der Waals surface area contributed by atoms with Crippen LogP contribution in [0.15, 0.2) is 42.6 Å². The highest BCUT2D eigenvalue weighted by Gasteiger charge is 2.51. The van der Waals surface area contributed by atoms with Gasteiger partial charge in [-0.15, -0.1) is 0 Å². The molecule has 3 atom stereocenters. The van der Waals surface area contributed by atoms with Gasteiger partial charge in [-0.25, -0.2) is 9.37 Å². The Labute approximate surface area is 200 Å². The molecule has 10 heteroatoms. The number of hydrogen-bond donors (Lipinski definition) is 2. The summed E-state index contributed by atoms with van der Waals surface area (Å²) in [5.74, 6) is -0.390. The van der Waals surface area contributed by atoms with E-state index in [1.165, 1.54) is 19.2 Å². The summed E-state index contributed by atoms with van der Waals surface area (Å²) >= 11 is 6.01. The van der Waals surface area contributed by atoms with E-state index in [9.17, 15) is 14.0 Å². The van der Waals surface area contributed by atoms with E-state index in [0.717, 1.165) is 18.2 Å². The van der Waals surface area contributed by atoms with Crippen molar-refractivity contribution in [2.45, 2.75) is 13.0 Å². The first-order valence-corrected chi connectivity index (χ1v) is 11.4. The van der Waals surface area contributed by atoms with Crippen molar-refractivity contribution in [1.29, 1.82) is 0 Å². The minimum Gasteiger partial charge on any atom is -0.481 e. The van der Waals surface area contributed by atoms with Crippen LogP contribution in [-0.2, 0) is 11.3 Å². The van der Waals surface area contributed by atoms with E-state index in [1.54, 1.807) is 11.0 Å². The van der Waals surface area contributed by atoms with Crippen molar-refractivity contribution in [3.63, 3.8) is 0 Å². The van der Waals surface area contributed by atoms with Crippen molar-refractivity contribution >= 4 is 23.4 Å². The summed E-state index contributed by atoms with van der Waals surface area (Å²) in [5, 5.41) is 10.5. The third kappa shape index (κ3) is 4.23. The van der Waals surface area contributed by atoms with Crippen LogP contribution in [0.25, 0.3) is 11.3 Å². The Balaban J connectivity index is 1.21. The van der Waals surface area contributed by atoms with Crippen molar-refractivity contribution < 1.29 is 18.7 Å². The molecular formula is C24H23ClFN5O3. The van der Waals surface area contributed by atoms with Crippen molar-refractivity contribution in [2.75, 3.05) is 20.2 Å². The quantitative estimate of drug-likeness (QED) is 0.560. The molecule has 2 bridgehead atoms. The van der Waals surface area contributed by atoms with Gasteiger partial charge < -0.3 is 15.0 Å². The SMILES string of the molecule is COc1cc(-c2cc(C(=O)N3C[C@H]4C[C@@H](C3)C4C(=O)NCc3cccc(Cl)c3)n[nH]2)c(F)cn1. The summed E-state index contributed by atoms with van der Waals surface area (Å²) in [6.45, 7) is 1.40. The molecule has 8 nitrogen and oxygen atoms in total. The van der Waals surface area contributed by atoms with E-state index < -0.39 is 5.82 Å². The van der Waals surface area contributed by atoms with Gasteiger partial charge in [0.05, 0.1) is 19.0 Å². The average Bonchev–Trinajstić information content (AvgIpc) is 3.32. The van der Waals surface area contributed by atoms with Crippen molar-refractivity contribution in [1.82, 2.24) is 25.4 Å². The van der Waals surface area contributed by atoms with E-state index in [0.29, 0.717) is 30.4 Å². The topological polar surface area (TPSA) is 100 Å². The first-order valence-electron chi connectivity index (χ1n) is 11.0. The summed E-state index contributed by atoms with van der Waals surface area (Å²) in [4.78, 5) is 31.4. The largest absolute Gasteiger partial charge is 0.481 e. The molecule has 6 rings (SSSR count). The zero-order valence-electron chi connectivity index (χ0n) is 18.4. The van der Waals surface area contributed by atoms with Crippen LogP contribution in [0.5, 0.6) is 5.88 Å². The van der Waals surface area contributed by atoms with E-state index in [2.05, 4.69) is 20.5 Å². The smallest absolute Gasteiger partial charge is 0.274 e. The third-order valence-corrected chi connectivity index (χ3v) is 6.84. The van der Waals surface area contributed by atoms with E-state index in [4.69, 9.17) is 16.3 Å². The lowest BCUT2D eigenvalue weighted by Crippen LogP contribution is -2.60. The number of rotatable bonds is 6. The van der Waals surface area contributed by atoms with Crippen LogP contribution in [0, 0.1) is 23.6 Å². The number of halogens is 2. The highest BCUT2D eigenvalue weighted by molar-refractivity contribution is 6.30. The number of amides is 2.